The first-order chi connectivity index (χ1) is 9.38. The van der Waals surface area contributed by atoms with Crippen molar-refractivity contribution in [2.45, 2.75) is 44.1 Å². The van der Waals surface area contributed by atoms with Crippen LogP contribution in [0.25, 0.3) is 0 Å². The van der Waals surface area contributed by atoms with Gasteiger partial charge >= 0.3 is 0 Å². The highest BCUT2D eigenvalue weighted by atomic mass is 32.2. The van der Waals surface area contributed by atoms with Crippen LogP contribution in [0.4, 0.5) is 0 Å². The van der Waals surface area contributed by atoms with Crippen LogP contribution in [0.3, 0.4) is 0 Å². The van der Waals surface area contributed by atoms with Gasteiger partial charge in [-0.15, -0.1) is 0 Å². The second-order valence-corrected chi connectivity index (χ2v) is 6.76. The molecule has 1 aromatic carbocycles. The molecule has 6 heteroatoms. The lowest BCUT2D eigenvalue weighted by Gasteiger charge is -2.23. The van der Waals surface area contributed by atoms with Gasteiger partial charge in [-0.2, -0.15) is 0 Å². The third kappa shape index (κ3) is 3.71. The van der Waals surface area contributed by atoms with Gasteiger partial charge in [0.15, 0.2) is 0 Å². The Labute approximate surface area is 120 Å². The number of aryl methyl sites for hydroxylation is 2. The van der Waals surface area contributed by atoms with Crippen molar-refractivity contribution in [2.24, 2.45) is 5.14 Å². The molecule has 0 amide bonds. The molecule has 1 aromatic rings. The number of ether oxygens (including phenoxy) is 2. The number of nitrogens with two attached hydrogens (primary N) is 1. The van der Waals surface area contributed by atoms with Crippen molar-refractivity contribution >= 4 is 10.0 Å². The first-order valence-corrected chi connectivity index (χ1v) is 8.31. The summed E-state index contributed by atoms with van der Waals surface area (Å²) in [5.41, 5.74) is 1.35. The summed E-state index contributed by atoms with van der Waals surface area (Å²) >= 11 is 0. The molecule has 1 heterocycles. The number of sulfonamides is 1. The molecule has 2 N–H and O–H groups in total. The molecule has 0 bridgehead atoms. The summed E-state index contributed by atoms with van der Waals surface area (Å²) in [6, 6.07) is 3.28. The zero-order valence-electron chi connectivity index (χ0n) is 11.9. The Bertz CT molecular complexity index is 577. The number of hydrogen-bond donors (Lipinski definition) is 1. The molecule has 5 nitrogen and oxygen atoms in total. The average Bonchev–Trinajstić information content (AvgIpc) is 2.39. The van der Waals surface area contributed by atoms with Crippen LogP contribution in [0.15, 0.2) is 17.0 Å². The summed E-state index contributed by atoms with van der Waals surface area (Å²) in [6.07, 6.45) is 3.41. The van der Waals surface area contributed by atoms with Crippen molar-refractivity contribution in [3.8, 4) is 5.75 Å². The van der Waals surface area contributed by atoms with Gasteiger partial charge in [-0.25, -0.2) is 13.6 Å². The quantitative estimate of drug-likeness (QED) is 0.921. The minimum Gasteiger partial charge on any atom is -0.491 e. The molecule has 1 fully saturated rings. The third-order valence-electron chi connectivity index (χ3n) is 3.48. The molecule has 0 radical (unpaired) electrons. The largest absolute Gasteiger partial charge is 0.491 e. The van der Waals surface area contributed by atoms with Gasteiger partial charge in [-0.1, -0.05) is 0 Å². The van der Waals surface area contributed by atoms with Gasteiger partial charge in [0, 0.05) is 6.61 Å². The van der Waals surface area contributed by atoms with Gasteiger partial charge in [-0.3, -0.25) is 0 Å². The average molecular weight is 299 g/mol. The minimum atomic E-state index is -3.69. The fraction of sp³-hybridized carbons (Fsp3) is 0.571. The van der Waals surface area contributed by atoms with Gasteiger partial charge in [0.25, 0.3) is 0 Å². The highest BCUT2D eigenvalue weighted by molar-refractivity contribution is 7.89. The van der Waals surface area contributed by atoms with Crippen LogP contribution in [0.2, 0.25) is 0 Å². The van der Waals surface area contributed by atoms with E-state index in [2.05, 4.69) is 0 Å². The van der Waals surface area contributed by atoms with Crippen LogP contribution in [-0.4, -0.2) is 27.7 Å². The lowest BCUT2D eigenvalue weighted by Crippen LogP contribution is -2.26. The summed E-state index contributed by atoms with van der Waals surface area (Å²) in [7, 11) is -3.69. The number of primary sulfonamides is 1. The van der Waals surface area contributed by atoms with E-state index in [-0.39, 0.29) is 11.0 Å². The SMILES string of the molecule is Cc1cc(S(N)(=O)=O)c(C)cc1OCC1CCCCO1. The van der Waals surface area contributed by atoms with E-state index in [1.54, 1.807) is 19.1 Å². The van der Waals surface area contributed by atoms with E-state index in [9.17, 15) is 8.42 Å². The maximum atomic E-state index is 11.4. The van der Waals surface area contributed by atoms with E-state index in [1.165, 1.54) is 0 Å². The normalized spacial score (nSPS) is 19.9. The van der Waals surface area contributed by atoms with E-state index < -0.39 is 10.0 Å². The molecule has 2 rings (SSSR count). The molecule has 1 unspecified atom stereocenters. The van der Waals surface area contributed by atoms with E-state index in [0.717, 1.165) is 31.4 Å². The predicted molar refractivity (Wildman–Crippen MR) is 76.4 cm³/mol. The first kappa shape index (κ1) is 15.3. The lowest BCUT2D eigenvalue weighted by molar-refractivity contribution is -0.0112. The smallest absolute Gasteiger partial charge is 0.238 e. The van der Waals surface area contributed by atoms with Crippen LogP contribution in [-0.2, 0) is 14.8 Å². The van der Waals surface area contributed by atoms with Crippen molar-refractivity contribution in [1.29, 1.82) is 0 Å². The topological polar surface area (TPSA) is 78.6 Å². The summed E-state index contributed by atoms with van der Waals surface area (Å²) < 4.78 is 34.2. The Hall–Kier alpha value is -1.11. The summed E-state index contributed by atoms with van der Waals surface area (Å²) in [5, 5.41) is 5.18. The maximum absolute atomic E-state index is 11.4. The summed E-state index contributed by atoms with van der Waals surface area (Å²) in [5.74, 6) is 0.684. The molecule has 20 heavy (non-hydrogen) atoms. The fourth-order valence-electron chi connectivity index (χ4n) is 2.35. The zero-order chi connectivity index (χ0) is 14.8. The van der Waals surface area contributed by atoms with Crippen LogP contribution in [0, 0.1) is 13.8 Å². The molecular formula is C14H21NO4S. The Balaban J connectivity index is 2.11. The van der Waals surface area contributed by atoms with Crippen molar-refractivity contribution < 1.29 is 17.9 Å². The zero-order valence-corrected chi connectivity index (χ0v) is 12.7. The highest BCUT2D eigenvalue weighted by Gasteiger charge is 2.17. The molecule has 0 aliphatic carbocycles. The molecule has 1 aliphatic heterocycles. The molecular weight excluding hydrogens is 278 g/mol. The van der Waals surface area contributed by atoms with Gasteiger partial charge in [0.2, 0.25) is 10.0 Å². The fourth-order valence-corrected chi connectivity index (χ4v) is 3.20. The Morgan fingerprint density at radius 3 is 2.65 bits per heavy atom. The monoisotopic (exact) mass is 299 g/mol. The van der Waals surface area contributed by atoms with Gasteiger partial charge < -0.3 is 9.47 Å². The summed E-state index contributed by atoms with van der Waals surface area (Å²) in [4.78, 5) is 0.149. The first-order valence-electron chi connectivity index (χ1n) is 6.76. The van der Waals surface area contributed by atoms with E-state index in [0.29, 0.717) is 17.9 Å². The molecule has 112 valence electrons. The molecule has 1 aliphatic rings. The Morgan fingerprint density at radius 2 is 2.05 bits per heavy atom. The summed E-state index contributed by atoms with van der Waals surface area (Å²) in [6.45, 7) is 4.81. The van der Waals surface area contributed by atoms with E-state index in [4.69, 9.17) is 14.6 Å². The van der Waals surface area contributed by atoms with Crippen LogP contribution in [0.5, 0.6) is 5.75 Å². The molecule has 1 saturated heterocycles. The van der Waals surface area contributed by atoms with Crippen LogP contribution in [0.1, 0.15) is 30.4 Å². The lowest BCUT2D eigenvalue weighted by atomic mass is 10.1. The molecule has 0 spiro atoms. The minimum absolute atomic E-state index is 0.126. The number of benzene rings is 1. The van der Waals surface area contributed by atoms with E-state index in [1.807, 2.05) is 6.92 Å². The van der Waals surface area contributed by atoms with Gasteiger partial charge in [-0.05, 0) is 56.4 Å². The van der Waals surface area contributed by atoms with Crippen molar-refractivity contribution in [3.05, 3.63) is 23.3 Å². The second kappa shape index (κ2) is 6.11. The highest BCUT2D eigenvalue weighted by Crippen LogP contribution is 2.26. The molecule has 0 saturated carbocycles. The Morgan fingerprint density at radius 1 is 1.30 bits per heavy atom. The Kier molecular flexibility index (Phi) is 4.67. The van der Waals surface area contributed by atoms with Crippen LogP contribution >= 0.6 is 0 Å². The van der Waals surface area contributed by atoms with Crippen molar-refractivity contribution in [1.82, 2.24) is 0 Å². The maximum Gasteiger partial charge on any atom is 0.238 e. The van der Waals surface area contributed by atoms with Crippen molar-refractivity contribution in [3.63, 3.8) is 0 Å². The van der Waals surface area contributed by atoms with Gasteiger partial charge in [0.1, 0.15) is 12.4 Å². The predicted octanol–water partition coefficient (Wildman–Crippen LogP) is 1.90. The third-order valence-corrected chi connectivity index (χ3v) is 4.53. The van der Waals surface area contributed by atoms with Crippen molar-refractivity contribution in [2.75, 3.05) is 13.2 Å². The number of hydrogen-bond acceptors (Lipinski definition) is 4. The van der Waals surface area contributed by atoms with Crippen LogP contribution < -0.4 is 9.88 Å². The number of rotatable bonds is 4. The molecule has 0 aromatic heterocycles. The molecule has 1 atom stereocenters. The standard InChI is InChI=1S/C14H21NO4S/c1-10-8-14(20(15,16)17)11(2)7-13(10)19-9-12-5-3-4-6-18-12/h7-8,12H,3-6,9H2,1-2H3,(H2,15,16,17). The second-order valence-electron chi connectivity index (χ2n) is 5.23. The van der Waals surface area contributed by atoms with E-state index >= 15 is 0 Å². The van der Waals surface area contributed by atoms with Gasteiger partial charge in [0.05, 0.1) is 11.0 Å².